The summed E-state index contributed by atoms with van der Waals surface area (Å²) in [5.41, 5.74) is 0. The van der Waals surface area contributed by atoms with Gasteiger partial charge < -0.3 is 20.3 Å². The smallest absolute Gasteiger partial charge is 0.305 e. The van der Waals surface area contributed by atoms with Crippen LogP contribution in [0.2, 0.25) is 0 Å². The number of ether oxygens (including phenoxy) is 1. The topological polar surface area (TPSA) is 95.9 Å². The molecule has 0 rings (SSSR count). The lowest BCUT2D eigenvalue weighted by molar-refractivity contribution is -0.143. The fourth-order valence-corrected chi connectivity index (χ4v) is 9.69. The fourth-order valence-electron chi connectivity index (χ4n) is 9.69. The molecule has 408 valence electrons. The number of esters is 1. The maximum Gasteiger partial charge on any atom is 0.305 e. The number of hydrogen-bond acceptors (Lipinski definition) is 5. The Hall–Kier alpha value is -1.66. The molecule has 0 aliphatic rings. The molecule has 6 heteroatoms. The molecule has 0 bridgehead atoms. The van der Waals surface area contributed by atoms with E-state index >= 15 is 0 Å². The Labute approximate surface area is 431 Å². The van der Waals surface area contributed by atoms with Gasteiger partial charge in [-0.05, 0) is 57.8 Å². The van der Waals surface area contributed by atoms with Gasteiger partial charge >= 0.3 is 5.97 Å². The number of amides is 1. The van der Waals surface area contributed by atoms with E-state index in [0.717, 1.165) is 57.8 Å². The molecule has 3 N–H and O–H groups in total. The quantitative estimate of drug-likeness (QED) is 0.0321. The third kappa shape index (κ3) is 55.5. The highest BCUT2D eigenvalue weighted by Crippen LogP contribution is 2.17. The molecule has 0 aromatic carbocycles. The van der Waals surface area contributed by atoms with E-state index in [1.165, 1.54) is 257 Å². The lowest BCUT2D eigenvalue weighted by Crippen LogP contribution is -2.45. The summed E-state index contributed by atoms with van der Waals surface area (Å²) in [5.74, 6) is -0.0983. The monoisotopic (exact) mass is 972 g/mol. The first-order chi connectivity index (χ1) is 34.0. The molecule has 2 unspecified atom stereocenters. The zero-order valence-electron chi connectivity index (χ0n) is 46.6. The Balaban J connectivity index is 3.47. The highest BCUT2D eigenvalue weighted by Gasteiger charge is 2.18. The Morgan fingerprint density at radius 2 is 0.681 bits per heavy atom. The fraction of sp³-hybridized carbons (Fsp3) is 0.905. The average molecular weight is 973 g/mol. The van der Waals surface area contributed by atoms with Crippen LogP contribution in [-0.4, -0.2) is 47.4 Å². The van der Waals surface area contributed by atoms with Gasteiger partial charge in [-0.15, -0.1) is 0 Å². The van der Waals surface area contributed by atoms with E-state index < -0.39 is 12.1 Å². The number of hydrogen-bond donors (Lipinski definition) is 3. The SMILES string of the molecule is CCCCCCCC/C=C\CCCCCCCCCCCC(=O)OCCCCCCCCCCCCCC(=O)NC(CO)C(O)/C=C/CCCCCCCCCCCCCCCCCCCCCC. The second kappa shape index (κ2) is 58.9. The lowest BCUT2D eigenvalue weighted by atomic mass is 10.0. The second-order valence-corrected chi connectivity index (χ2v) is 21.4. The molecule has 0 radical (unpaired) electrons. The van der Waals surface area contributed by atoms with Gasteiger partial charge in [0.2, 0.25) is 5.91 Å². The molecule has 0 spiro atoms. The number of carbonyl (C=O) groups excluding carboxylic acids is 2. The van der Waals surface area contributed by atoms with E-state index in [1.807, 2.05) is 6.08 Å². The summed E-state index contributed by atoms with van der Waals surface area (Å²) >= 11 is 0. The van der Waals surface area contributed by atoms with Crippen molar-refractivity contribution in [2.24, 2.45) is 0 Å². The summed E-state index contributed by atoms with van der Waals surface area (Å²) in [4.78, 5) is 24.6. The van der Waals surface area contributed by atoms with Gasteiger partial charge in [-0.25, -0.2) is 0 Å². The van der Waals surface area contributed by atoms with Crippen LogP contribution < -0.4 is 5.32 Å². The molecule has 1 amide bonds. The zero-order valence-corrected chi connectivity index (χ0v) is 46.6. The molecule has 2 atom stereocenters. The van der Waals surface area contributed by atoms with Gasteiger partial charge in [0.25, 0.3) is 0 Å². The van der Waals surface area contributed by atoms with E-state index in [2.05, 4.69) is 31.3 Å². The number of carbonyl (C=O) groups is 2. The summed E-state index contributed by atoms with van der Waals surface area (Å²) in [6, 6.07) is -0.643. The molecule has 0 aromatic heterocycles. The van der Waals surface area contributed by atoms with Crippen molar-refractivity contribution in [2.75, 3.05) is 13.2 Å². The van der Waals surface area contributed by atoms with Crippen LogP contribution in [0.15, 0.2) is 24.3 Å². The van der Waals surface area contributed by atoms with Crippen LogP contribution in [0, 0.1) is 0 Å². The third-order valence-corrected chi connectivity index (χ3v) is 14.5. The number of unbranched alkanes of at least 4 members (excludes halogenated alkanes) is 45. The van der Waals surface area contributed by atoms with Gasteiger partial charge in [-0.1, -0.05) is 295 Å². The van der Waals surface area contributed by atoms with Crippen LogP contribution in [0.25, 0.3) is 0 Å². The molecule has 69 heavy (non-hydrogen) atoms. The highest BCUT2D eigenvalue weighted by atomic mass is 16.5. The first-order valence-corrected chi connectivity index (χ1v) is 31.1. The number of aliphatic hydroxyl groups is 2. The molecule has 0 saturated carbocycles. The molecule has 0 aromatic rings. The van der Waals surface area contributed by atoms with E-state index in [4.69, 9.17) is 4.74 Å². The van der Waals surface area contributed by atoms with Gasteiger partial charge in [0.05, 0.1) is 25.4 Å². The van der Waals surface area contributed by atoms with Gasteiger partial charge in [-0.3, -0.25) is 9.59 Å². The summed E-state index contributed by atoms with van der Waals surface area (Å²) in [7, 11) is 0. The van der Waals surface area contributed by atoms with Crippen molar-refractivity contribution >= 4 is 11.9 Å². The zero-order chi connectivity index (χ0) is 50.0. The summed E-state index contributed by atoms with van der Waals surface area (Å²) in [6.45, 7) is 4.88. The standard InChI is InChI=1S/C63H121NO5/c1-3-5-7-9-11-13-15-17-19-21-23-24-25-27-28-30-32-35-39-43-47-51-55-61(66)60(59-65)64-62(67)56-52-48-44-40-36-34-38-42-46-50-54-58-69-63(68)57-53-49-45-41-37-33-31-29-26-22-20-18-16-14-12-10-8-6-4-2/h18,20,51,55,60-61,65-66H,3-17,19,21-50,52-54,56-59H2,1-2H3,(H,64,67)/b20-18-,55-51+. The van der Waals surface area contributed by atoms with Crippen molar-refractivity contribution in [3.63, 3.8) is 0 Å². The molecule has 0 fully saturated rings. The first kappa shape index (κ1) is 67.3. The van der Waals surface area contributed by atoms with Crippen molar-refractivity contribution < 1.29 is 24.5 Å². The summed E-state index contributed by atoms with van der Waals surface area (Å²) in [6.07, 6.45) is 72.1. The Kier molecular flexibility index (Phi) is 57.5. The van der Waals surface area contributed by atoms with Crippen molar-refractivity contribution in [1.82, 2.24) is 5.32 Å². The molecular weight excluding hydrogens is 851 g/mol. The number of nitrogens with one attached hydrogen (secondary N) is 1. The summed E-state index contributed by atoms with van der Waals surface area (Å²) < 4.78 is 5.48. The maximum atomic E-state index is 12.5. The van der Waals surface area contributed by atoms with E-state index in [-0.39, 0.29) is 18.5 Å². The van der Waals surface area contributed by atoms with Crippen LogP contribution in [0.1, 0.15) is 341 Å². The maximum absolute atomic E-state index is 12.5. The summed E-state index contributed by atoms with van der Waals surface area (Å²) in [5, 5.41) is 23.2. The number of aliphatic hydroxyl groups excluding tert-OH is 2. The first-order valence-electron chi connectivity index (χ1n) is 31.1. The Bertz CT molecular complexity index is 1080. The number of allylic oxidation sites excluding steroid dienone is 3. The molecule has 6 nitrogen and oxygen atoms in total. The van der Waals surface area contributed by atoms with Crippen LogP contribution in [-0.2, 0) is 14.3 Å². The second-order valence-electron chi connectivity index (χ2n) is 21.4. The van der Waals surface area contributed by atoms with Crippen LogP contribution in [0.3, 0.4) is 0 Å². The molecular formula is C63H121NO5. The predicted octanol–water partition coefficient (Wildman–Crippen LogP) is 19.4. The van der Waals surface area contributed by atoms with Crippen LogP contribution in [0.4, 0.5) is 0 Å². The Morgan fingerprint density at radius 1 is 0.391 bits per heavy atom. The average Bonchev–Trinajstić information content (AvgIpc) is 3.35. The lowest BCUT2D eigenvalue weighted by Gasteiger charge is -2.20. The van der Waals surface area contributed by atoms with Gasteiger partial charge in [-0.2, -0.15) is 0 Å². The van der Waals surface area contributed by atoms with Crippen molar-refractivity contribution in [1.29, 1.82) is 0 Å². The molecule has 0 aliphatic heterocycles. The normalized spacial score (nSPS) is 12.7. The minimum Gasteiger partial charge on any atom is -0.466 e. The molecule has 0 heterocycles. The van der Waals surface area contributed by atoms with Crippen molar-refractivity contribution in [3.05, 3.63) is 24.3 Å². The number of rotatable bonds is 58. The van der Waals surface area contributed by atoms with Crippen LogP contribution >= 0.6 is 0 Å². The van der Waals surface area contributed by atoms with Gasteiger partial charge in [0.1, 0.15) is 0 Å². The highest BCUT2D eigenvalue weighted by molar-refractivity contribution is 5.76. The largest absolute Gasteiger partial charge is 0.466 e. The van der Waals surface area contributed by atoms with Gasteiger partial charge in [0, 0.05) is 12.8 Å². The van der Waals surface area contributed by atoms with Gasteiger partial charge in [0.15, 0.2) is 0 Å². The van der Waals surface area contributed by atoms with Crippen molar-refractivity contribution in [3.8, 4) is 0 Å². The molecule has 0 saturated heterocycles. The molecule has 0 aliphatic carbocycles. The minimum atomic E-state index is -0.858. The third-order valence-electron chi connectivity index (χ3n) is 14.5. The predicted molar refractivity (Wildman–Crippen MR) is 301 cm³/mol. The minimum absolute atomic E-state index is 0.0149. The Morgan fingerprint density at radius 3 is 1.03 bits per heavy atom. The van der Waals surface area contributed by atoms with Crippen molar-refractivity contribution in [2.45, 2.75) is 353 Å². The van der Waals surface area contributed by atoms with E-state index in [1.54, 1.807) is 6.08 Å². The van der Waals surface area contributed by atoms with E-state index in [9.17, 15) is 19.8 Å². The van der Waals surface area contributed by atoms with E-state index in [0.29, 0.717) is 19.4 Å². The van der Waals surface area contributed by atoms with Crippen LogP contribution in [0.5, 0.6) is 0 Å².